The molecule has 0 atom stereocenters. The van der Waals surface area contributed by atoms with Crippen molar-refractivity contribution < 1.29 is 28.6 Å². The molecule has 1 N–H and O–H groups in total. The first-order valence-electron chi connectivity index (χ1n) is 7.66. The van der Waals surface area contributed by atoms with E-state index in [4.69, 9.17) is 14.2 Å². The Morgan fingerprint density at radius 3 is 2.40 bits per heavy atom. The number of nitroso groups, excluding NO2 is 1. The second kappa shape index (κ2) is 6.50. The lowest BCUT2D eigenvalue weighted by molar-refractivity contribution is -0.823. The Kier molecular flexibility index (Phi) is 4.53. The third kappa shape index (κ3) is 3.38. The number of morpholine rings is 1. The van der Waals surface area contributed by atoms with Crippen LogP contribution in [0.1, 0.15) is 13.8 Å². The monoisotopic (exact) mass is 359 g/mol. The summed E-state index contributed by atoms with van der Waals surface area (Å²) in [7, 11) is 0. The van der Waals surface area contributed by atoms with Crippen LogP contribution in [0.15, 0.2) is 4.63 Å². The van der Waals surface area contributed by atoms with Crippen molar-refractivity contribution in [2.45, 2.75) is 25.3 Å². The zero-order chi connectivity index (χ0) is 18.1. The molecule has 0 amide bonds. The number of hydrogen-bond acceptors (Lipinski definition) is 10. The Hall–Kier alpha value is -2.38. The summed E-state index contributed by atoms with van der Waals surface area (Å²) in [5.41, 5.74) is 0.177. The van der Waals surface area contributed by atoms with Gasteiger partial charge in [-0.05, 0) is 24.2 Å². The highest BCUT2D eigenvalue weighted by Crippen LogP contribution is 2.28. The van der Waals surface area contributed by atoms with Crippen LogP contribution in [0.2, 0.25) is 0 Å². The van der Waals surface area contributed by atoms with E-state index in [1.165, 1.54) is 0 Å². The van der Waals surface area contributed by atoms with Gasteiger partial charge in [0.1, 0.15) is 4.92 Å². The number of nitro groups is 1. The van der Waals surface area contributed by atoms with Crippen molar-refractivity contribution >= 4 is 11.6 Å². The van der Waals surface area contributed by atoms with Gasteiger partial charge in [-0.1, -0.05) is 5.43 Å². The molecule has 3 heterocycles. The third-order valence-electron chi connectivity index (χ3n) is 4.01. The number of rotatable bonds is 5. The molecular weight excluding hydrogens is 340 g/mol. The second-order valence-electron chi connectivity index (χ2n) is 6.16. The van der Waals surface area contributed by atoms with Gasteiger partial charge in [-0.3, -0.25) is 10.1 Å². The minimum Gasteiger partial charge on any atom is -0.378 e. The molecule has 0 spiro atoms. The average Bonchev–Trinajstić information content (AvgIpc) is 3.03. The van der Waals surface area contributed by atoms with Crippen molar-refractivity contribution in [1.82, 2.24) is 10.3 Å². The third-order valence-corrected chi connectivity index (χ3v) is 4.01. The van der Waals surface area contributed by atoms with E-state index in [1.54, 1.807) is 18.7 Å². The second-order valence-corrected chi connectivity index (χ2v) is 6.16. The molecule has 3 rings (SSSR count). The maximum atomic E-state index is 12.5. The van der Waals surface area contributed by atoms with Crippen molar-refractivity contribution in [1.29, 1.82) is 0 Å². The van der Waals surface area contributed by atoms with Crippen molar-refractivity contribution in [3.63, 3.8) is 0 Å². The number of nitrogens with zero attached hydrogens (tertiary/aromatic N) is 5. The topological polar surface area (TPSA) is 145 Å². The summed E-state index contributed by atoms with van der Waals surface area (Å²) in [5.74, 6) is -0.752. The summed E-state index contributed by atoms with van der Waals surface area (Å²) < 4.78 is 20.5. The van der Waals surface area contributed by atoms with E-state index in [2.05, 4.69) is 20.4 Å². The summed E-state index contributed by atoms with van der Waals surface area (Å²) in [5, 5.41) is 18.9. The predicted molar refractivity (Wildman–Crippen MR) is 80.3 cm³/mol. The zero-order valence-corrected chi connectivity index (χ0v) is 13.8. The molecule has 0 radical (unpaired) electrons. The maximum absolute atomic E-state index is 12.5. The van der Waals surface area contributed by atoms with Crippen LogP contribution in [0.3, 0.4) is 0 Å². The highest BCUT2D eigenvalue weighted by atomic mass is 16.7. The fourth-order valence-electron chi connectivity index (χ4n) is 2.40. The highest BCUT2D eigenvalue weighted by Gasteiger charge is 2.65. The fraction of sp³-hybridized carbons (Fsp3) is 0.833. The molecule has 0 aromatic carbocycles. The Morgan fingerprint density at radius 2 is 1.80 bits per heavy atom. The van der Waals surface area contributed by atoms with Gasteiger partial charge >= 0.3 is 5.66 Å². The lowest BCUT2D eigenvalue weighted by atomic mass is 10.2. The number of aromatic nitrogens is 2. The Morgan fingerprint density at radius 1 is 1.16 bits per heavy atom. The highest BCUT2D eigenvalue weighted by molar-refractivity contribution is 5.58. The molecule has 138 valence electrons. The van der Waals surface area contributed by atoms with Crippen LogP contribution in [0.5, 0.6) is 0 Å². The van der Waals surface area contributed by atoms with Crippen LogP contribution in [-0.4, -0.2) is 71.1 Å². The van der Waals surface area contributed by atoms with E-state index in [1.807, 2.05) is 0 Å². The standard InChI is InChI=1S/C12H19N6O7/c1-11(2)23-7-12(8-24-11,18(20)21)17(19)13-9-10(15-25-14-9)16-3-5-22-6-4-16/h3-8H2,1-2H3,(H,13,14,19)/q+1. The first kappa shape index (κ1) is 17.4. The molecular formula is C12H19N6O7+. The number of nitrogens with one attached hydrogen (secondary N) is 1. The van der Waals surface area contributed by atoms with Crippen molar-refractivity contribution in [3.8, 4) is 0 Å². The SMILES string of the molecule is CC1(C)OCC([N+](=O)[O-])([N+](=O)Nc2nonc2N2CCOCC2)CO1. The van der Waals surface area contributed by atoms with E-state index in [9.17, 15) is 15.0 Å². The minimum atomic E-state index is -2.16. The van der Waals surface area contributed by atoms with Gasteiger partial charge in [0.2, 0.25) is 10.7 Å². The van der Waals surface area contributed by atoms with E-state index < -0.39 is 29.6 Å². The molecule has 1 aromatic rings. The van der Waals surface area contributed by atoms with Gasteiger partial charge in [-0.25, -0.2) is 4.63 Å². The van der Waals surface area contributed by atoms with Crippen molar-refractivity contribution in [2.24, 2.45) is 0 Å². The molecule has 2 fully saturated rings. The van der Waals surface area contributed by atoms with Crippen LogP contribution in [0.4, 0.5) is 11.6 Å². The van der Waals surface area contributed by atoms with Crippen LogP contribution >= 0.6 is 0 Å². The summed E-state index contributed by atoms with van der Waals surface area (Å²) in [6.45, 7) is 4.34. The quantitative estimate of drug-likeness (QED) is 0.322. The molecule has 0 unspecified atom stereocenters. The molecule has 2 aliphatic heterocycles. The molecule has 1 aromatic heterocycles. The van der Waals surface area contributed by atoms with Crippen molar-refractivity contribution in [3.05, 3.63) is 15.0 Å². The zero-order valence-electron chi connectivity index (χ0n) is 13.8. The number of ether oxygens (including phenoxy) is 3. The Bertz CT molecular complexity index is 646. The summed E-state index contributed by atoms with van der Waals surface area (Å²) in [4.78, 5) is 25.2. The summed E-state index contributed by atoms with van der Waals surface area (Å²) in [6, 6.07) is 0. The minimum absolute atomic E-state index is 0.0250. The molecule has 25 heavy (non-hydrogen) atoms. The van der Waals surface area contributed by atoms with Crippen molar-refractivity contribution in [2.75, 3.05) is 49.8 Å². The van der Waals surface area contributed by atoms with Gasteiger partial charge in [0.15, 0.2) is 19.0 Å². The summed E-state index contributed by atoms with van der Waals surface area (Å²) >= 11 is 0. The van der Waals surface area contributed by atoms with Gasteiger partial charge in [-0.15, -0.1) is 0 Å². The molecule has 0 bridgehead atoms. The number of hydrazine groups is 1. The largest absolute Gasteiger partial charge is 0.522 e. The van der Waals surface area contributed by atoms with Crippen LogP contribution in [0.25, 0.3) is 0 Å². The fourth-order valence-corrected chi connectivity index (χ4v) is 2.40. The Labute approximate surface area is 141 Å². The molecule has 2 aliphatic rings. The summed E-state index contributed by atoms with van der Waals surface area (Å²) in [6.07, 6.45) is 0. The maximum Gasteiger partial charge on any atom is 0.522 e. The first-order valence-corrected chi connectivity index (χ1v) is 7.66. The lowest BCUT2D eigenvalue weighted by Crippen LogP contribution is -2.62. The van der Waals surface area contributed by atoms with Gasteiger partial charge in [0.05, 0.1) is 18.1 Å². The average molecular weight is 359 g/mol. The smallest absolute Gasteiger partial charge is 0.378 e. The van der Waals surface area contributed by atoms with Crippen LogP contribution < -0.4 is 10.3 Å². The van der Waals surface area contributed by atoms with Crippen LogP contribution in [-0.2, 0) is 14.2 Å². The predicted octanol–water partition coefficient (Wildman–Crippen LogP) is -0.232. The van der Waals surface area contributed by atoms with E-state index in [0.717, 1.165) is 0 Å². The molecule has 13 nitrogen and oxygen atoms in total. The molecule has 0 saturated carbocycles. The van der Waals surface area contributed by atoms with Gasteiger partial charge in [0.25, 0.3) is 5.82 Å². The van der Waals surface area contributed by atoms with E-state index in [-0.39, 0.29) is 16.5 Å². The first-order chi connectivity index (χ1) is 11.8. The van der Waals surface area contributed by atoms with E-state index >= 15 is 0 Å². The van der Waals surface area contributed by atoms with Gasteiger partial charge < -0.3 is 19.1 Å². The normalized spacial score (nSPS) is 22.4. The molecule has 13 heteroatoms. The van der Waals surface area contributed by atoms with E-state index in [0.29, 0.717) is 26.3 Å². The molecule has 0 aliphatic carbocycles. The van der Waals surface area contributed by atoms with Crippen LogP contribution in [0, 0.1) is 15.0 Å². The Balaban J connectivity index is 1.77. The number of hydrogen-bond donors (Lipinski definition) is 1. The van der Waals surface area contributed by atoms with Gasteiger partial charge in [0, 0.05) is 13.1 Å². The van der Waals surface area contributed by atoms with Gasteiger partial charge in [-0.2, -0.15) is 0 Å². The lowest BCUT2D eigenvalue weighted by Gasteiger charge is -2.32. The number of anilines is 2. The molecule has 2 saturated heterocycles.